The minimum absolute atomic E-state index is 0.0236. The molecule has 18 nitrogen and oxygen atoms in total. The summed E-state index contributed by atoms with van der Waals surface area (Å²) in [6.45, 7) is 3.71. The standard InChI is InChI=1S/C29H41N5O13/c1-4-5-9-18(37)45-23-20(43-3)21(46-27(23)34-11-10-17(36)33-29(34)42)22(24(30)39)47-28-19(38)15(35)12-16(44-28)26(41)32-14-8-6-7-13(2)31-25(14)40/h10-15,19-23,27-28,35,38H,4-9H2,1-3H3,(H2,30,39)(H,31,40)(H,32,41)(H,33,36,42). The lowest BCUT2D eigenvalue weighted by atomic mass is 10.0. The fraction of sp³-hybridized carbons (Fsp3) is 0.655. The molecule has 260 valence electrons. The third kappa shape index (κ3) is 8.44. The molecular weight excluding hydrogens is 626 g/mol. The van der Waals surface area contributed by atoms with Crippen molar-refractivity contribution in [1.82, 2.24) is 20.2 Å². The van der Waals surface area contributed by atoms with Crippen molar-refractivity contribution < 1.29 is 53.1 Å². The van der Waals surface area contributed by atoms with Crippen LogP contribution in [0.4, 0.5) is 0 Å². The number of hydrogen-bond donors (Lipinski definition) is 6. The molecule has 2 saturated heterocycles. The van der Waals surface area contributed by atoms with Crippen LogP contribution in [0.1, 0.15) is 58.6 Å². The predicted molar refractivity (Wildman–Crippen MR) is 158 cm³/mol. The molecule has 2 fully saturated rings. The number of nitrogens with zero attached hydrogens (tertiary/aromatic N) is 1. The average molecular weight is 668 g/mol. The lowest BCUT2D eigenvalue weighted by Gasteiger charge is -2.35. The molecule has 4 rings (SSSR count). The number of unbranched alkanes of at least 4 members (excludes halogenated alkanes) is 1. The number of aliphatic hydroxyl groups excluding tert-OH is 2. The minimum Gasteiger partial charge on any atom is -0.456 e. The molecule has 0 radical (unpaired) electrons. The Hall–Kier alpha value is -4.10. The number of nitrogens with two attached hydrogens (primary N) is 1. The van der Waals surface area contributed by atoms with Crippen LogP contribution in [0, 0.1) is 0 Å². The fourth-order valence-corrected chi connectivity index (χ4v) is 5.56. The fourth-order valence-electron chi connectivity index (χ4n) is 5.56. The zero-order chi connectivity index (χ0) is 34.4. The Labute approximate surface area is 268 Å². The summed E-state index contributed by atoms with van der Waals surface area (Å²) in [5.74, 6) is -3.62. The maximum Gasteiger partial charge on any atom is 0.330 e. The number of carbonyl (C=O) groups excluding carboxylic acids is 4. The van der Waals surface area contributed by atoms with Crippen LogP contribution in [-0.2, 0) is 42.9 Å². The molecule has 47 heavy (non-hydrogen) atoms. The number of aromatic nitrogens is 2. The van der Waals surface area contributed by atoms with E-state index < -0.39 is 95.9 Å². The molecular formula is C29H41N5O13. The van der Waals surface area contributed by atoms with Crippen molar-refractivity contribution in [3.8, 4) is 0 Å². The summed E-state index contributed by atoms with van der Waals surface area (Å²) in [5, 5.41) is 26.5. The van der Waals surface area contributed by atoms with Gasteiger partial charge in [-0.05, 0) is 38.7 Å². The number of hydrogen-bond acceptors (Lipinski definition) is 13. The van der Waals surface area contributed by atoms with E-state index in [0.29, 0.717) is 25.7 Å². The topological polar surface area (TPSA) is 260 Å². The second-order valence-corrected chi connectivity index (χ2v) is 11.6. The first-order valence-corrected chi connectivity index (χ1v) is 15.3. The zero-order valence-electron chi connectivity index (χ0n) is 26.2. The Kier molecular flexibility index (Phi) is 11.9. The van der Waals surface area contributed by atoms with Crippen LogP contribution in [0.25, 0.3) is 0 Å². The first kappa shape index (κ1) is 35.7. The van der Waals surface area contributed by atoms with Gasteiger partial charge in [-0.3, -0.25) is 33.5 Å². The van der Waals surface area contributed by atoms with Gasteiger partial charge in [0.2, 0.25) is 18.1 Å². The molecule has 3 aliphatic rings. The van der Waals surface area contributed by atoms with Crippen molar-refractivity contribution in [3.63, 3.8) is 0 Å². The highest BCUT2D eigenvalue weighted by Gasteiger charge is 2.54. The third-order valence-corrected chi connectivity index (χ3v) is 8.04. The predicted octanol–water partition coefficient (Wildman–Crippen LogP) is -2.44. The van der Waals surface area contributed by atoms with Gasteiger partial charge in [0.25, 0.3) is 11.5 Å². The largest absolute Gasteiger partial charge is 0.456 e. The highest BCUT2D eigenvalue weighted by atomic mass is 16.7. The van der Waals surface area contributed by atoms with E-state index in [0.717, 1.165) is 29.3 Å². The highest BCUT2D eigenvalue weighted by molar-refractivity contribution is 5.95. The molecule has 0 aliphatic carbocycles. The SMILES string of the molecule is CCCCC(=O)OC1C(OC)C(C(OC2OC(C(=O)NC3CCCC(C)NC3=O)=CC(O)C2O)C(N)=O)OC1n1ccc(=O)[nH]c1=O. The zero-order valence-corrected chi connectivity index (χ0v) is 26.2. The van der Waals surface area contributed by atoms with Gasteiger partial charge >= 0.3 is 11.7 Å². The third-order valence-electron chi connectivity index (χ3n) is 8.04. The number of primary amides is 1. The molecule has 0 spiro atoms. The summed E-state index contributed by atoms with van der Waals surface area (Å²) in [6.07, 6.45) is -7.94. The van der Waals surface area contributed by atoms with Crippen LogP contribution >= 0.6 is 0 Å². The molecule has 18 heteroatoms. The van der Waals surface area contributed by atoms with Crippen molar-refractivity contribution in [1.29, 1.82) is 0 Å². The maximum atomic E-state index is 13.1. The number of amides is 3. The van der Waals surface area contributed by atoms with Crippen LogP contribution in [0.15, 0.2) is 33.7 Å². The first-order chi connectivity index (χ1) is 22.3. The molecule has 10 unspecified atom stereocenters. The lowest BCUT2D eigenvalue weighted by molar-refractivity contribution is -0.241. The van der Waals surface area contributed by atoms with E-state index >= 15 is 0 Å². The van der Waals surface area contributed by atoms with E-state index in [-0.39, 0.29) is 12.5 Å². The van der Waals surface area contributed by atoms with E-state index in [2.05, 4.69) is 15.6 Å². The molecule has 7 N–H and O–H groups in total. The number of methoxy groups -OCH3 is 1. The Bertz CT molecular complexity index is 1460. The molecule has 10 atom stereocenters. The van der Waals surface area contributed by atoms with Crippen LogP contribution < -0.4 is 27.6 Å². The number of carbonyl (C=O) groups is 4. The van der Waals surface area contributed by atoms with Crippen molar-refractivity contribution >= 4 is 23.7 Å². The quantitative estimate of drug-likeness (QED) is 0.127. The van der Waals surface area contributed by atoms with Crippen molar-refractivity contribution in [2.45, 2.75) is 114 Å². The lowest BCUT2D eigenvalue weighted by Crippen LogP contribution is -2.54. The Morgan fingerprint density at radius 1 is 1.19 bits per heavy atom. The van der Waals surface area contributed by atoms with Crippen LogP contribution in [0.5, 0.6) is 0 Å². The molecule has 1 aromatic rings. The summed E-state index contributed by atoms with van der Waals surface area (Å²) in [5.41, 5.74) is 4.05. The summed E-state index contributed by atoms with van der Waals surface area (Å²) < 4.78 is 29.4. The van der Waals surface area contributed by atoms with Gasteiger partial charge in [-0.25, -0.2) is 4.79 Å². The number of H-pyrrole nitrogens is 1. The molecule has 3 aliphatic heterocycles. The Morgan fingerprint density at radius 2 is 1.94 bits per heavy atom. The van der Waals surface area contributed by atoms with Gasteiger partial charge in [0.05, 0.1) is 0 Å². The van der Waals surface area contributed by atoms with Gasteiger partial charge in [0.1, 0.15) is 30.5 Å². The maximum absolute atomic E-state index is 13.1. The van der Waals surface area contributed by atoms with Crippen LogP contribution in [0.3, 0.4) is 0 Å². The van der Waals surface area contributed by atoms with Crippen LogP contribution in [-0.4, -0.2) is 106 Å². The Morgan fingerprint density at radius 3 is 2.60 bits per heavy atom. The summed E-state index contributed by atoms with van der Waals surface area (Å²) in [7, 11) is 1.22. The van der Waals surface area contributed by atoms with Gasteiger partial charge in [0.15, 0.2) is 24.2 Å². The molecule has 3 amide bonds. The first-order valence-electron chi connectivity index (χ1n) is 15.3. The van der Waals surface area contributed by atoms with Gasteiger partial charge in [-0.1, -0.05) is 13.3 Å². The second-order valence-electron chi connectivity index (χ2n) is 11.6. The second kappa shape index (κ2) is 15.7. The normalized spacial score (nSPS) is 31.5. The van der Waals surface area contributed by atoms with E-state index in [1.54, 1.807) is 0 Å². The van der Waals surface area contributed by atoms with Crippen molar-refractivity contribution in [3.05, 3.63) is 44.9 Å². The smallest absolute Gasteiger partial charge is 0.330 e. The van der Waals surface area contributed by atoms with Gasteiger partial charge in [-0.15, -0.1) is 0 Å². The van der Waals surface area contributed by atoms with Gasteiger partial charge in [-0.2, -0.15) is 0 Å². The van der Waals surface area contributed by atoms with E-state index in [4.69, 9.17) is 29.4 Å². The molecule has 4 heterocycles. The van der Waals surface area contributed by atoms with Crippen LogP contribution in [0.2, 0.25) is 0 Å². The summed E-state index contributed by atoms with van der Waals surface area (Å²) >= 11 is 0. The van der Waals surface area contributed by atoms with Gasteiger partial charge < -0.3 is 50.3 Å². The van der Waals surface area contributed by atoms with Gasteiger partial charge in [0, 0.05) is 31.8 Å². The molecule has 0 bridgehead atoms. The number of aliphatic hydroxyl groups is 2. The van der Waals surface area contributed by atoms with E-state index in [9.17, 15) is 39.0 Å². The average Bonchev–Trinajstić information content (AvgIpc) is 3.27. The van der Waals surface area contributed by atoms with E-state index in [1.165, 1.54) is 7.11 Å². The summed E-state index contributed by atoms with van der Waals surface area (Å²) in [6, 6.07) is 0.0629. The van der Waals surface area contributed by atoms with E-state index in [1.807, 2.05) is 13.8 Å². The van der Waals surface area contributed by atoms with Crippen molar-refractivity contribution in [2.75, 3.05) is 7.11 Å². The number of aromatic amines is 1. The molecule has 0 aromatic carbocycles. The molecule has 1 aromatic heterocycles. The van der Waals surface area contributed by atoms with Crippen molar-refractivity contribution in [2.24, 2.45) is 5.73 Å². The molecule has 0 saturated carbocycles. The Balaban J connectivity index is 1.58. The number of nitrogens with one attached hydrogen (secondary N) is 3. The number of rotatable bonds is 12. The highest BCUT2D eigenvalue weighted by Crippen LogP contribution is 2.36. The number of ether oxygens (including phenoxy) is 5. The number of esters is 1. The summed E-state index contributed by atoms with van der Waals surface area (Å²) in [4.78, 5) is 77.6. The minimum atomic E-state index is -1.88. The monoisotopic (exact) mass is 667 g/mol.